The summed E-state index contributed by atoms with van der Waals surface area (Å²) in [6, 6.07) is 13.1. The average Bonchev–Trinajstić information content (AvgIpc) is 2.55. The highest BCUT2D eigenvalue weighted by atomic mass is 79.9. The molecule has 0 unspecified atom stereocenters. The van der Waals surface area contributed by atoms with E-state index in [0.717, 1.165) is 10.0 Å². The zero-order valence-electron chi connectivity index (χ0n) is 12.8. The highest BCUT2D eigenvalue weighted by Crippen LogP contribution is 2.14. The van der Waals surface area contributed by atoms with Gasteiger partial charge in [-0.2, -0.15) is 0 Å². The van der Waals surface area contributed by atoms with Crippen LogP contribution in [-0.2, 0) is 14.3 Å². The maximum absolute atomic E-state index is 13.5. The van der Waals surface area contributed by atoms with Crippen LogP contribution in [0.3, 0.4) is 0 Å². The van der Waals surface area contributed by atoms with E-state index in [0.29, 0.717) is 0 Å². The second-order valence-electron chi connectivity index (χ2n) is 4.94. The molecular weight excluding hydrogens is 377 g/mol. The van der Waals surface area contributed by atoms with Crippen LogP contribution in [0.2, 0.25) is 0 Å². The quantitative estimate of drug-likeness (QED) is 0.614. The van der Waals surface area contributed by atoms with Gasteiger partial charge in [0.15, 0.2) is 6.10 Å². The summed E-state index contributed by atoms with van der Waals surface area (Å²) in [6.07, 6.45) is 1.76. The molecule has 6 heteroatoms. The topological polar surface area (TPSA) is 55.4 Å². The number of carbonyl (C=O) groups is 2. The molecule has 0 aliphatic rings. The monoisotopic (exact) mass is 391 g/mol. The molecule has 0 saturated carbocycles. The molecule has 0 spiro atoms. The number of nitrogens with one attached hydrogen (secondary N) is 1. The van der Waals surface area contributed by atoms with Crippen molar-refractivity contribution < 1.29 is 18.7 Å². The number of rotatable bonds is 5. The lowest BCUT2D eigenvalue weighted by Gasteiger charge is -2.12. The third-order valence-corrected chi connectivity index (χ3v) is 3.55. The van der Waals surface area contributed by atoms with Crippen molar-refractivity contribution in [1.29, 1.82) is 0 Å². The first kappa shape index (κ1) is 17.9. The summed E-state index contributed by atoms with van der Waals surface area (Å²) in [6.45, 7) is 1.42. The van der Waals surface area contributed by atoms with E-state index in [1.807, 2.05) is 24.3 Å². The minimum Gasteiger partial charge on any atom is -0.449 e. The molecule has 0 aliphatic carbocycles. The van der Waals surface area contributed by atoms with Gasteiger partial charge in [0.05, 0.1) is 5.69 Å². The van der Waals surface area contributed by atoms with Gasteiger partial charge >= 0.3 is 5.97 Å². The molecule has 0 heterocycles. The van der Waals surface area contributed by atoms with Gasteiger partial charge in [0.25, 0.3) is 5.91 Å². The van der Waals surface area contributed by atoms with Crippen LogP contribution in [0.15, 0.2) is 59.1 Å². The summed E-state index contributed by atoms with van der Waals surface area (Å²) in [4.78, 5) is 23.7. The number of esters is 1. The van der Waals surface area contributed by atoms with Gasteiger partial charge in [0, 0.05) is 10.5 Å². The molecular formula is C18H15BrFNO3. The molecule has 1 N–H and O–H groups in total. The van der Waals surface area contributed by atoms with Gasteiger partial charge in [-0.15, -0.1) is 0 Å². The van der Waals surface area contributed by atoms with Gasteiger partial charge in [0.2, 0.25) is 0 Å². The van der Waals surface area contributed by atoms with Crippen molar-refractivity contribution in [2.45, 2.75) is 13.0 Å². The molecule has 24 heavy (non-hydrogen) atoms. The van der Waals surface area contributed by atoms with Gasteiger partial charge in [-0.1, -0.05) is 40.2 Å². The summed E-state index contributed by atoms with van der Waals surface area (Å²) in [5, 5.41) is 2.38. The Kier molecular flexibility index (Phi) is 6.26. The van der Waals surface area contributed by atoms with E-state index in [9.17, 15) is 14.0 Å². The number of ether oxygens (including phenoxy) is 1. The molecule has 2 aromatic rings. The SMILES string of the molecule is C[C@H](OC(=O)/C=C/c1cccc(Br)c1)C(=O)Nc1ccccc1F. The summed E-state index contributed by atoms with van der Waals surface area (Å²) < 4.78 is 19.4. The lowest BCUT2D eigenvalue weighted by Crippen LogP contribution is -2.29. The molecule has 1 amide bonds. The number of halogens is 2. The molecule has 0 fully saturated rings. The maximum Gasteiger partial charge on any atom is 0.331 e. The van der Waals surface area contributed by atoms with Gasteiger partial charge in [-0.05, 0) is 42.8 Å². The maximum atomic E-state index is 13.5. The largest absolute Gasteiger partial charge is 0.449 e. The Bertz CT molecular complexity index is 776. The summed E-state index contributed by atoms with van der Waals surface area (Å²) >= 11 is 3.33. The van der Waals surface area contributed by atoms with Crippen LogP contribution >= 0.6 is 15.9 Å². The molecule has 124 valence electrons. The minimum absolute atomic E-state index is 0.0371. The normalized spacial score (nSPS) is 12.0. The zero-order valence-corrected chi connectivity index (χ0v) is 14.4. The third kappa shape index (κ3) is 5.31. The van der Waals surface area contributed by atoms with E-state index < -0.39 is 23.8 Å². The predicted octanol–water partition coefficient (Wildman–Crippen LogP) is 4.17. The Labute approximate surface area is 147 Å². The molecule has 2 rings (SSSR count). The van der Waals surface area contributed by atoms with E-state index in [4.69, 9.17) is 4.74 Å². The van der Waals surface area contributed by atoms with Crippen LogP contribution in [0, 0.1) is 5.82 Å². The Morgan fingerprint density at radius 3 is 2.67 bits per heavy atom. The molecule has 0 saturated heterocycles. The fraction of sp³-hybridized carbons (Fsp3) is 0.111. The Hall–Kier alpha value is -2.47. The van der Waals surface area contributed by atoms with Crippen LogP contribution in [0.4, 0.5) is 10.1 Å². The Balaban J connectivity index is 1.91. The highest BCUT2D eigenvalue weighted by Gasteiger charge is 2.17. The average molecular weight is 392 g/mol. The van der Waals surface area contributed by atoms with Crippen molar-refractivity contribution in [2.75, 3.05) is 5.32 Å². The number of para-hydroxylation sites is 1. The van der Waals surface area contributed by atoms with Crippen molar-refractivity contribution in [3.8, 4) is 0 Å². The van der Waals surface area contributed by atoms with E-state index in [-0.39, 0.29) is 5.69 Å². The second kappa shape index (κ2) is 8.40. The van der Waals surface area contributed by atoms with Crippen molar-refractivity contribution in [2.24, 2.45) is 0 Å². The second-order valence-corrected chi connectivity index (χ2v) is 5.85. The number of amides is 1. The first-order valence-corrected chi connectivity index (χ1v) is 7.94. The standard InChI is InChI=1S/C18H15BrFNO3/c1-12(18(23)21-16-8-3-2-7-15(16)20)24-17(22)10-9-13-5-4-6-14(19)11-13/h2-12H,1H3,(H,21,23)/b10-9+/t12-/m0/s1. The van der Waals surface area contributed by atoms with Crippen LogP contribution in [-0.4, -0.2) is 18.0 Å². The zero-order chi connectivity index (χ0) is 17.5. The number of anilines is 1. The summed E-state index contributed by atoms with van der Waals surface area (Å²) in [5.74, 6) is -1.82. The lowest BCUT2D eigenvalue weighted by atomic mass is 10.2. The number of hydrogen-bond donors (Lipinski definition) is 1. The van der Waals surface area contributed by atoms with Crippen LogP contribution in [0.25, 0.3) is 6.08 Å². The summed E-state index contributed by atoms with van der Waals surface area (Å²) in [5.41, 5.74) is 0.847. The molecule has 4 nitrogen and oxygen atoms in total. The smallest absolute Gasteiger partial charge is 0.331 e. The molecule has 2 aromatic carbocycles. The highest BCUT2D eigenvalue weighted by molar-refractivity contribution is 9.10. The van der Waals surface area contributed by atoms with Crippen molar-refractivity contribution in [1.82, 2.24) is 0 Å². The van der Waals surface area contributed by atoms with Gasteiger partial charge in [-0.25, -0.2) is 9.18 Å². The molecule has 1 atom stereocenters. The molecule has 0 radical (unpaired) electrons. The lowest BCUT2D eigenvalue weighted by molar-refractivity contribution is -0.148. The minimum atomic E-state index is -1.05. The molecule has 0 aromatic heterocycles. The Morgan fingerprint density at radius 2 is 1.96 bits per heavy atom. The third-order valence-electron chi connectivity index (χ3n) is 3.05. The van der Waals surface area contributed by atoms with Crippen LogP contribution in [0.1, 0.15) is 12.5 Å². The number of carbonyl (C=O) groups excluding carboxylic acids is 2. The van der Waals surface area contributed by atoms with E-state index in [1.54, 1.807) is 12.1 Å². The van der Waals surface area contributed by atoms with Gasteiger partial charge in [-0.3, -0.25) is 4.79 Å². The fourth-order valence-electron chi connectivity index (χ4n) is 1.84. The van der Waals surface area contributed by atoms with Gasteiger partial charge in [0.1, 0.15) is 5.82 Å². The first-order valence-electron chi connectivity index (χ1n) is 7.15. The first-order chi connectivity index (χ1) is 11.5. The van der Waals surface area contributed by atoms with E-state index in [2.05, 4.69) is 21.2 Å². The summed E-state index contributed by atoms with van der Waals surface area (Å²) in [7, 11) is 0. The van der Waals surface area contributed by atoms with Crippen molar-refractivity contribution in [3.05, 3.63) is 70.5 Å². The number of hydrogen-bond acceptors (Lipinski definition) is 3. The van der Waals surface area contributed by atoms with E-state index >= 15 is 0 Å². The molecule has 0 aliphatic heterocycles. The predicted molar refractivity (Wildman–Crippen MR) is 93.8 cm³/mol. The van der Waals surface area contributed by atoms with Crippen LogP contribution in [0.5, 0.6) is 0 Å². The Morgan fingerprint density at radius 1 is 1.21 bits per heavy atom. The van der Waals surface area contributed by atoms with Crippen molar-refractivity contribution in [3.63, 3.8) is 0 Å². The fourth-order valence-corrected chi connectivity index (χ4v) is 2.26. The molecule has 0 bridgehead atoms. The van der Waals surface area contributed by atoms with E-state index in [1.165, 1.54) is 31.2 Å². The number of benzene rings is 2. The van der Waals surface area contributed by atoms with Crippen molar-refractivity contribution >= 4 is 39.6 Å². The van der Waals surface area contributed by atoms with Gasteiger partial charge < -0.3 is 10.1 Å². The van der Waals surface area contributed by atoms with Crippen LogP contribution < -0.4 is 5.32 Å².